The molecule has 1 aliphatic rings. The van der Waals surface area contributed by atoms with Crippen LogP contribution in [0, 0.1) is 6.92 Å². The van der Waals surface area contributed by atoms with Crippen LogP contribution in [0.5, 0.6) is 0 Å². The second kappa shape index (κ2) is 12.8. The first kappa shape index (κ1) is 24.5. The van der Waals surface area contributed by atoms with Crippen LogP contribution >= 0.6 is 0 Å². The molecule has 3 N–H and O–H groups in total. The summed E-state index contributed by atoms with van der Waals surface area (Å²) >= 11 is 0. The molecule has 0 unspecified atom stereocenters. The van der Waals surface area contributed by atoms with E-state index in [2.05, 4.69) is 16.9 Å². The highest BCUT2D eigenvalue weighted by molar-refractivity contribution is 5.92. The van der Waals surface area contributed by atoms with Crippen molar-refractivity contribution in [3.8, 4) is 0 Å². The van der Waals surface area contributed by atoms with Gasteiger partial charge in [0.15, 0.2) is 0 Å². The number of ketones is 1. The Morgan fingerprint density at radius 2 is 1.70 bits per heavy atom. The van der Waals surface area contributed by atoms with Gasteiger partial charge in [0, 0.05) is 12.2 Å². The summed E-state index contributed by atoms with van der Waals surface area (Å²) in [7, 11) is 0. The lowest BCUT2D eigenvalue weighted by Gasteiger charge is -2.29. The van der Waals surface area contributed by atoms with Gasteiger partial charge in [-0.15, -0.1) is 0 Å². The molecule has 2 amide bonds. The van der Waals surface area contributed by atoms with Crippen molar-refractivity contribution in [3.63, 3.8) is 0 Å². The standard InChI is InChI=1S/C16H21N3O2.C3H6O.C2H6/c1-3-14(20)19-13-6-4-11(5-7-13)12-8-10(2)15(16(17)21)18-9-12;1-3(2)4;1-2/h3,8-9,11,13H,1,4-7H2,2H3,(H2,17,21)(H,19,20);1-2H3;1-2H3. The smallest absolute Gasteiger partial charge is 0.267 e. The van der Waals surface area contributed by atoms with Gasteiger partial charge < -0.3 is 15.8 Å². The normalized spacial score (nSPS) is 18.0. The van der Waals surface area contributed by atoms with E-state index in [4.69, 9.17) is 5.73 Å². The van der Waals surface area contributed by atoms with E-state index in [-0.39, 0.29) is 17.7 Å². The van der Waals surface area contributed by atoms with Crippen molar-refractivity contribution in [1.82, 2.24) is 10.3 Å². The topological polar surface area (TPSA) is 102 Å². The van der Waals surface area contributed by atoms with Crippen LogP contribution in [0.1, 0.15) is 80.9 Å². The number of nitrogens with one attached hydrogen (secondary N) is 1. The van der Waals surface area contributed by atoms with Gasteiger partial charge in [0.2, 0.25) is 5.91 Å². The first-order valence-corrected chi connectivity index (χ1v) is 9.41. The number of hydrogen-bond donors (Lipinski definition) is 2. The molecule has 0 bridgehead atoms. The van der Waals surface area contributed by atoms with Gasteiger partial charge in [0.05, 0.1) is 0 Å². The Morgan fingerprint density at radius 3 is 2.11 bits per heavy atom. The number of Topliss-reactive ketones (excluding diaryl/α,β-unsaturated/α-hetero) is 1. The maximum atomic E-state index is 11.3. The molecule has 0 atom stereocenters. The van der Waals surface area contributed by atoms with E-state index in [1.807, 2.05) is 26.8 Å². The number of primary amides is 1. The fraction of sp³-hybridized carbons (Fsp3) is 0.524. The third-order valence-electron chi connectivity index (χ3n) is 4.06. The molecule has 6 heteroatoms. The van der Waals surface area contributed by atoms with Crippen LogP contribution in [0.4, 0.5) is 0 Å². The number of hydrogen-bond acceptors (Lipinski definition) is 4. The highest BCUT2D eigenvalue weighted by Crippen LogP contribution is 2.33. The van der Waals surface area contributed by atoms with Crippen molar-refractivity contribution >= 4 is 17.6 Å². The van der Waals surface area contributed by atoms with E-state index in [9.17, 15) is 14.4 Å². The first-order valence-electron chi connectivity index (χ1n) is 9.41. The van der Waals surface area contributed by atoms with Crippen molar-refractivity contribution < 1.29 is 14.4 Å². The summed E-state index contributed by atoms with van der Waals surface area (Å²) in [6.45, 7) is 12.4. The molecule has 0 aliphatic heterocycles. The van der Waals surface area contributed by atoms with Gasteiger partial charge in [-0.25, -0.2) is 0 Å². The van der Waals surface area contributed by atoms with E-state index >= 15 is 0 Å². The second-order valence-corrected chi connectivity index (χ2v) is 6.47. The molecule has 6 nitrogen and oxygen atoms in total. The Kier molecular flexibility index (Phi) is 11.6. The lowest BCUT2D eigenvalue weighted by molar-refractivity contribution is -0.117. The highest BCUT2D eigenvalue weighted by atomic mass is 16.2. The minimum absolute atomic E-state index is 0.109. The summed E-state index contributed by atoms with van der Waals surface area (Å²) in [6, 6.07) is 2.23. The number of aryl methyl sites for hydroxylation is 1. The van der Waals surface area contributed by atoms with Gasteiger partial charge in [0.1, 0.15) is 11.5 Å². The largest absolute Gasteiger partial charge is 0.364 e. The minimum atomic E-state index is -0.491. The number of rotatable bonds is 4. The van der Waals surface area contributed by atoms with Crippen LogP contribution < -0.4 is 11.1 Å². The molecule has 0 spiro atoms. The van der Waals surface area contributed by atoms with Crippen LogP contribution in [0.2, 0.25) is 0 Å². The van der Waals surface area contributed by atoms with Gasteiger partial charge in [-0.05, 0) is 69.6 Å². The van der Waals surface area contributed by atoms with Crippen LogP contribution in [0.25, 0.3) is 0 Å². The molecule has 1 fully saturated rings. The van der Waals surface area contributed by atoms with E-state index in [1.54, 1.807) is 6.20 Å². The Bertz CT molecular complexity index is 644. The summed E-state index contributed by atoms with van der Waals surface area (Å²) in [5.74, 6) is -0.00771. The Morgan fingerprint density at radius 1 is 1.19 bits per heavy atom. The van der Waals surface area contributed by atoms with E-state index < -0.39 is 5.91 Å². The van der Waals surface area contributed by atoms with E-state index in [0.29, 0.717) is 11.6 Å². The Labute approximate surface area is 162 Å². The molecular formula is C21H33N3O3. The van der Waals surface area contributed by atoms with Crippen LogP contribution in [-0.2, 0) is 9.59 Å². The van der Waals surface area contributed by atoms with Crippen molar-refractivity contribution in [2.75, 3.05) is 0 Å². The maximum absolute atomic E-state index is 11.3. The van der Waals surface area contributed by atoms with Crippen molar-refractivity contribution in [3.05, 3.63) is 41.7 Å². The summed E-state index contributed by atoms with van der Waals surface area (Å²) < 4.78 is 0. The molecule has 1 aliphatic carbocycles. The molecular weight excluding hydrogens is 342 g/mol. The predicted molar refractivity (Wildman–Crippen MR) is 109 cm³/mol. The lowest BCUT2D eigenvalue weighted by atomic mass is 9.82. The van der Waals surface area contributed by atoms with Gasteiger partial charge >= 0.3 is 0 Å². The van der Waals surface area contributed by atoms with Crippen LogP contribution in [0.3, 0.4) is 0 Å². The third kappa shape index (κ3) is 9.13. The summed E-state index contributed by atoms with van der Waals surface area (Å²) in [6.07, 6.45) is 6.95. The average molecular weight is 376 g/mol. The third-order valence-corrected chi connectivity index (χ3v) is 4.06. The first-order chi connectivity index (χ1) is 12.7. The number of aromatic nitrogens is 1. The summed E-state index contributed by atoms with van der Waals surface area (Å²) in [5, 5.41) is 2.94. The Hall–Kier alpha value is -2.50. The van der Waals surface area contributed by atoms with Crippen molar-refractivity contribution in [1.29, 1.82) is 0 Å². The molecule has 1 heterocycles. The van der Waals surface area contributed by atoms with Gasteiger partial charge in [-0.2, -0.15) is 0 Å². The molecule has 1 aromatic heterocycles. The predicted octanol–water partition coefficient (Wildman–Crippen LogP) is 3.44. The van der Waals surface area contributed by atoms with Crippen molar-refractivity contribution in [2.24, 2.45) is 5.73 Å². The zero-order valence-electron chi connectivity index (χ0n) is 17.2. The Balaban J connectivity index is 0.000000998. The van der Waals surface area contributed by atoms with Crippen LogP contribution in [-0.4, -0.2) is 28.6 Å². The second-order valence-electron chi connectivity index (χ2n) is 6.47. The van der Waals surface area contributed by atoms with Crippen LogP contribution in [0.15, 0.2) is 24.9 Å². The molecule has 0 radical (unpaired) electrons. The quantitative estimate of drug-likeness (QED) is 0.787. The number of nitrogens with two attached hydrogens (primary N) is 1. The SMILES string of the molecule is C=CC(=O)NC1CCC(c2cnc(C(N)=O)c(C)c2)CC1.CC.CC(C)=O. The molecule has 27 heavy (non-hydrogen) atoms. The van der Waals surface area contributed by atoms with E-state index in [0.717, 1.165) is 36.8 Å². The number of amides is 2. The number of carbonyl (C=O) groups is 3. The fourth-order valence-corrected chi connectivity index (χ4v) is 2.91. The maximum Gasteiger partial charge on any atom is 0.267 e. The summed E-state index contributed by atoms with van der Waals surface area (Å²) in [4.78, 5) is 36.1. The van der Waals surface area contributed by atoms with Gasteiger partial charge in [0.25, 0.3) is 5.91 Å². The van der Waals surface area contributed by atoms with Crippen molar-refractivity contribution in [2.45, 2.75) is 72.3 Å². The zero-order chi connectivity index (χ0) is 21.0. The van der Waals surface area contributed by atoms with E-state index in [1.165, 1.54) is 19.9 Å². The molecule has 0 aromatic carbocycles. The highest BCUT2D eigenvalue weighted by Gasteiger charge is 2.23. The van der Waals surface area contributed by atoms with Gasteiger partial charge in [-0.1, -0.05) is 26.5 Å². The molecule has 150 valence electrons. The number of carbonyl (C=O) groups excluding carboxylic acids is 3. The molecule has 1 aromatic rings. The minimum Gasteiger partial charge on any atom is -0.364 e. The number of nitrogens with zero attached hydrogens (tertiary/aromatic N) is 1. The fourth-order valence-electron chi connectivity index (χ4n) is 2.91. The lowest BCUT2D eigenvalue weighted by Crippen LogP contribution is -2.36. The molecule has 2 rings (SSSR count). The molecule has 1 saturated carbocycles. The number of pyridine rings is 1. The monoisotopic (exact) mass is 375 g/mol. The summed E-state index contributed by atoms with van der Waals surface area (Å²) in [5.41, 5.74) is 7.58. The average Bonchev–Trinajstić information content (AvgIpc) is 2.63. The van der Waals surface area contributed by atoms with Gasteiger partial charge in [-0.3, -0.25) is 14.6 Å². The zero-order valence-corrected chi connectivity index (χ0v) is 17.2. The molecule has 0 saturated heterocycles.